The summed E-state index contributed by atoms with van der Waals surface area (Å²) < 4.78 is 12.6. The molecule has 6 heteroatoms. The van der Waals surface area contributed by atoms with Crippen molar-refractivity contribution in [3.05, 3.63) is 54.1 Å². The highest BCUT2D eigenvalue weighted by Crippen LogP contribution is 2.32. The van der Waals surface area contributed by atoms with Gasteiger partial charge in [0.2, 0.25) is 0 Å². The first-order valence-electron chi connectivity index (χ1n) is 10.8. The number of aliphatic hydroxyl groups is 1. The third kappa shape index (κ3) is 6.51. The Kier molecular flexibility index (Phi) is 7.70. The molecule has 1 aliphatic carbocycles. The summed E-state index contributed by atoms with van der Waals surface area (Å²) in [6.45, 7) is 4.27. The van der Waals surface area contributed by atoms with Crippen LogP contribution < -0.4 is 4.74 Å². The molecule has 1 heterocycles. The second-order valence-corrected chi connectivity index (χ2v) is 8.85. The summed E-state index contributed by atoms with van der Waals surface area (Å²) in [6, 6.07) is 16.4. The Morgan fingerprint density at radius 3 is 2.60 bits per heavy atom. The van der Waals surface area contributed by atoms with Gasteiger partial charge in [-0.3, -0.25) is 0 Å². The lowest BCUT2D eigenvalue weighted by molar-refractivity contribution is 0.0732. The molecule has 1 aliphatic rings. The van der Waals surface area contributed by atoms with E-state index in [9.17, 15) is 0 Å². The van der Waals surface area contributed by atoms with Crippen LogP contribution in [0.2, 0.25) is 0 Å². The van der Waals surface area contributed by atoms with Crippen molar-refractivity contribution >= 4 is 21.6 Å². The summed E-state index contributed by atoms with van der Waals surface area (Å²) >= 11 is 1.57. The minimum Gasteiger partial charge on any atom is -0.431 e. The fourth-order valence-electron chi connectivity index (χ4n) is 3.47. The fourth-order valence-corrected chi connectivity index (χ4v) is 4.31. The number of aromatic nitrogens is 1. The molecule has 2 aromatic carbocycles. The number of hydrogen-bond donors (Lipinski definition) is 1. The van der Waals surface area contributed by atoms with Crippen molar-refractivity contribution in [1.82, 2.24) is 9.88 Å². The third-order valence-electron chi connectivity index (χ3n) is 5.46. The second-order valence-electron chi connectivity index (χ2n) is 7.85. The normalized spacial score (nSPS) is 13.9. The molecular formula is C24H30N2O3S. The first kappa shape index (κ1) is 21.2. The number of para-hydroxylation sites is 1. The summed E-state index contributed by atoms with van der Waals surface area (Å²) in [7, 11) is 0. The van der Waals surface area contributed by atoms with Crippen molar-refractivity contribution in [2.24, 2.45) is 5.92 Å². The maximum Gasteiger partial charge on any atom is 0.279 e. The Morgan fingerprint density at radius 2 is 1.83 bits per heavy atom. The Hall–Kier alpha value is -1.99. The zero-order valence-corrected chi connectivity index (χ0v) is 18.2. The summed E-state index contributed by atoms with van der Waals surface area (Å²) in [5, 5.41) is 9.55. The van der Waals surface area contributed by atoms with Gasteiger partial charge in [-0.25, -0.2) is 4.98 Å². The highest BCUT2D eigenvalue weighted by molar-refractivity contribution is 7.20. The average Bonchev–Trinajstić information content (AvgIpc) is 3.51. The lowest BCUT2D eigenvalue weighted by atomic mass is 10.1. The van der Waals surface area contributed by atoms with Crippen LogP contribution in [-0.4, -0.2) is 54.4 Å². The first-order chi connectivity index (χ1) is 14.8. The zero-order chi connectivity index (χ0) is 20.6. The van der Waals surface area contributed by atoms with Crippen molar-refractivity contribution in [1.29, 1.82) is 0 Å². The maximum atomic E-state index is 8.87. The number of nitrogens with zero attached hydrogens (tertiary/aromatic N) is 2. The van der Waals surface area contributed by atoms with Crippen LogP contribution in [0, 0.1) is 5.92 Å². The molecule has 5 nitrogen and oxygen atoms in total. The minimum absolute atomic E-state index is 0.0908. The van der Waals surface area contributed by atoms with Crippen molar-refractivity contribution in [2.45, 2.75) is 25.7 Å². The van der Waals surface area contributed by atoms with Gasteiger partial charge in [0, 0.05) is 13.1 Å². The number of thiazole rings is 1. The van der Waals surface area contributed by atoms with Gasteiger partial charge in [-0.1, -0.05) is 48.4 Å². The van der Waals surface area contributed by atoms with Crippen LogP contribution in [0.4, 0.5) is 0 Å². The molecule has 4 rings (SSSR count). The number of fused-ring (bicyclic) bond motifs is 1. The lowest BCUT2D eigenvalue weighted by Crippen LogP contribution is -2.31. The molecule has 0 aliphatic heterocycles. The van der Waals surface area contributed by atoms with E-state index in [0.29, 0.717) is 18.4 Å². The average molecular weight is 427 g/mol. The predicted octanol–water partition coefficient (Wildman–Crippen LogP) is 4.74. The molecule has 1 N–H and O–H groups in total. The van der Waals surface area contributed by atoms with E-state index in [1.165, 1.54) is 24.8 Å². The lowest BCUT2D eigenvalue weighted by Gasteiger charge is -2.22. The minimum atomic E-state index is 0.0908. The summed E-state index contributed by atoms with van der Waals surface area (Å²) in [5.41, 5.74) is 2.28. The first-order valence-corrected chi connectivity index (χ1v) is 11.6. The van der Waals surface area contributed by atoms with E-state index < -0.39 is 0 Å². The van der Waals surface area contributed by atoms with E-state index in [1.807, 2.05) is 30.3 Å². The number of ether oxygens (including phenoxy) is 2. The molecule has 1 saturated carbocycles. The molecule has 0 bridgehead atoms. The van der Waals surface area contributed by atoms with Gasteiger partial charge >= 0.3 is 0 Å². The van der Waals surface area contributed by atoms with E-state index in [1.54, 1.807) is 11.3 Å². The van der Waals surface area contributed by atoms with Gasteiger partial charge in [0.15, 0.2) is 0 Å². The molecule has 0 radical (unpaired) electrons. The molecule has 0 saturated heterocycles. The molecule has 0 spiro atoms. The summed E-state index contributed by atoms with van der Waals surface area (Å²) in [5.74, 6) is 1.76. The number of rotatable bonds is 13. The Bertz CT molecular complexity index is 875. The van der Waals surface area contributed by atoms with Crippen LogP contribution in [0.25, 0.3) is 10.2 Å². The van der Waals surface area contributed by atoms with Crippen molar-refractivity contribution in [3.8, 4) is 10.9 Å². The smallest absolute Gasteiger partial charge is 0.279 e. The number of benzene rings is 2. The van der Waals surface area contributed by atoms with Gasteiger partial charge < -0.3 is 19.5 Å². The molecule has 0 amide bonds. The van der Waals surface area contributed by atoms with E-state index >= 15 is 0 Å². The van der Waals surface area contributed by atoms with Crippen molar-refractivity contribution in [2.75, 3.05) is 39.5 Å². The standard InChI is InChI=1S/C24H30N2O3S/c27-16-18-28-17-15-26(13-11-19-5-6-19)14-12-20-7-9-21(10-8-20)29-24-25-22-3-1-2-4-23(22)30-24/h1-4,7-10,19,27H,5-6,11-18H2. The van der Waals surface area contributed by atoms with Gasteiger partial charge in [0.05, 0.1) is 30.0 Å². The van der Waals surface area contributed by atoms with Gasteiger partial charge in [-0.05, 0) is 55.1 Å². The molecule has 3 aromatic rings. The summed E-state index contributed by atoms with van der Waals surface area (Å²) in [4.78, 5) is 7.02. The van der Waals surface area contributed by atoms with Crippen LogP contribution in [0.1, 0.15) is 24.8 Å². The van der Waals surface area contributed by atoms with Gasteiger partial charge in [-0.15, -0.1) is 0 Å². The maximum absolute atomic E-state index is 8.87. The monoisotopic (exact) mass is 426 g/mol. The SMILES string of the molecule is OCCOCCN(CCc1ccc(Oc2nc3ccccc3s2)cc1)CCC1CC1. The highest BCUT2D eigenvalue weighted by atomic mass is 32.1. The molecular weight excluding hydrogens is 396 g/mol. The molecule has 0 unspecified atom stereocenters. The molecule has 1 aromatic heterocycles. The Morgan fingerprint density at radius 1 is 1.00 bits per heavy atom. The Balaban J connectivity index is 1.27. The van der Waals surface area contributed by atoms with E-state index in [2.05, 4.69) is 28.1 Å². The molecule has 0 atom stereocenters. The zero-order valence-electron chi connectivity index (χ0n) is 17.3. The van der Waals surface area contributed by atoms with Crippen LogP contribution in [0.3, 0.4) is 0 Å². The van der Waals surface area contributed by atoms with Gasteiger partial charge in [0.25, 0.3) is 5.19 Å². The fraction of sp³-hybridized carbons (Fsp3) is 0.458. The van der Waals surface area contributed by atoms with Crippen molar-refractivity contribution < 1.29 is 14.6 Å². The number of hydrogen-bond acceptors (Lipinski definition) is 6. The van der Waals surface area contributed by atoms with Gasteiger partial charge in [-0.2, -0.15) is 0 Å². The highest BCUT2D eigenvalue weighted by Gasteiger charge is 2.21. The third-order valence-corrected chi connectivity index (χ3v) is 6.37. The van der Waals surface area contributed by atoms with E-state index in [4.69, 9.17) is 14.6 Å². The molecule has 160 valence electrons. The number of aliphatic hydroxyl groups excluding tert-OH is 1. The largest absolute Gasteiger partial charge is 0.431 e. The predicted molar refractivity (Wildman–Crippen MR) is 122 cm³/mol. The quantitative estimate of drug-likeness (QED) is 0.400. The van der Waals surface area contributed by atoms with Crippen molar-refractivity contribution in [3.63, 3.8) is 0 Å². The van der Waals surface area contributed by atoms with Crippen LogP contribution in [-0.2, 0) is 11.2 Å². The van der Waals surface area contributed by atoms with E-state index in [-0.39, 0.29) is 6.61 Å². The molecule has 30 heavy (non-hydrogen) atoms. The van der Waals surface area contributed by atoms with Gasteiger partial charge in [0.1, 0.15) is 5.75 Å². The van der Waals surface area contributed by atoms with E-state index in [0.717, 1.165) is 47.9 Å². The second kappa shape index (κ2) is 10.9. The van der Waals surface area contributed by atoms with Crippen LogP contribution in [0.5, 0.6) is 10.9 Å². The van der Waals surface area contributed by atoms with Crippen LogP contribution in [0.15, 0.2) is 48.5 Å². The van der Waals surface area contributed by atoms with Crippen LogP contribution >= 0.6 is 11.3 Å². The Labute approximate surface area is 182 Å². The molecule has 1 fully saturated rings. The summed E-state index contributed by atoms with van der Waals surface area (Å²) in [6.07, 6.45) is 5.08. The topological polar surface area (TPSA) is 54.8 Å².